The van der Waals surface area contributed by atoms with Gasteiger partial charge in [-0.15, -0.1) is 0 Å². The average molecular weight is 184 g/mol. The van der Waals surface area contributed by atoms with E-state index in [2.05, 4.69) is 5.32 Å². The van der Waals surface area contributed by atoms with Gasteiger partial charge in [-0.3, -0.25) is 0 Å². The van der Waals surface area contributed by atoms with Gasteiger partial charge >= 0.3 is 0 Å². The highest BCUT2D eigenvalue weighted by Crippen LogP contribution is 2.30. The first-order valence-electron chi connectivity index (χ1n) is 5.43. The summed E-state index contributed by atoms with van der Waals surface area (Å²) in [7, 11) is 0. The van der Waals surface area contributed by atoms with Crippen molar-refractivity contribution in [3.63, 3.8) is 0 Å². The third kappa shape index (κ3) is 2.42. The van der Waals surface area contributed by atoms with Gasteiger partial charge in [-0.2, -0.15) is 0 Å². The van der Waals surface area contributed by atoms with Crippen molar-refractivity contribution in [1.29, 1.82) is 0 Å². The van der Waals surface area contributed by atoms with Crippen LogP contribution in [0.15, 0.2) is 0 Å². The highest BCUT2D eigenvalue weighted by atomic mass is 16.5. The summed E-state index contributed by atoms with van der Waals surface area (Å²) in [6, 6.07) is 0.900. The Balaban J connectivity index is 1.69. The van der Waals surface area contributed by atoms with Crippen molar-refractivity contribution in [2.24, 2.45) is 11.7 Å². The second kappa shape index (κ2) is 4.40. The Hall–Kier alpha value is -0.120. The maximum Gasteiger partial charge on any atom is 0.0620 e. The number of nitrogens with one attached hydrogen (secondary N) is 1. The molecule has 0 radical (unpaired) electrons. The van der Waals surface area contributed by atoms with Crippen LogP contribution in [0.2, 0.25) is 0 Å². The first kappa shape index (κ1) is 9.44. The molecular weight excluding hydrogens is 164 g/mol. The molecule has 3 N–H and O–H groups in total. The summed E-state index contributed by atoms with van der Waals surface area (Å²) in [5, 5.41) is 3.45. The molecule has 2 unspecified atom stereocenters. The fourth-order valence-corrected chi connectivity index (χ4v) is 2.16. The van der Waals surface area contributed by atoms with E-state index in [1.54, 1.807) is 0 Å². The van der Waals surface area contributed by atoms with E-state index >= 15 is 0 Å². The van der Waals surface area contributed by atoms with Gasteiger partial charge in [-0.25, -0.2) is 0 Å². The van der Waals surface area contributed by atoms with Gasteiger partial charge in [0, 0.05) is 18.6 Å². The average Bonchev–Trinajstić information content (AvgIpc) is 2.02. The zero-order chi connectivity index (χ0) is 9.10. The Morgan fingerprint density at radius 3 is 2.85 bits per heavy atom. The molecule has 0 aromatic carbocycles. The summed E-state index contributed by atoms with van der Waals surface area (Å²) in [5.74, 6) is 0.795. The molecule has 0 aromatic heterocycles. The van der Waals surface area contributed by atoms with E-state index < -0.39 is 0 Å². The quantitative estimate of drug-likeness (QED) is 0.671. The smallest absolute Gasteiger partial charge is 0.0620 e. The second-order valence-corrected chi connectivity index (χ2v) is 4.32. The van der Waals surface area contributed by atoms with Gasteiger partial charge < -0.3 is 15.8 Å². The highest BCUT2D eigenvalue weighted by Gasteiger charge is 2.27. The molecule has 1 aliphatic heterocycles. The summed E-state index contributed by atoms with van der Waals surface area (Å²) in [5.41, 5.74) is 6.11. The van der Waals surface area contributed by atoms with Crippen LogP contribution in [-0.2, 0) is 4.74 Å². The lowest BCUT2D eigenvalue weighted by Crippen LogP contribution is -2.47. The van der Waals surface area contributed by atoms with Crippen molar-refractivity contribution in [2.45, 2.75) is 37.8 Å². The Kier molecular flexibility index (Phi) is 3.19. The minimum absolute atomic E-state index is 0.396. The van der Waals surface area contributed by atoms with Crippen LogP contribution in [0.4, 0.5) is 0 Å². The predicted molar refractivity (Wildman–Crippen MR) is 52.5 cm³/mol. The number of ether oxygens (including phenoxy) is 1. The van der Waals surface area contributed by atoms with E-state index in [4.69, 9.17) is 10.5 Å². The van der Waals surface area contributed by atoms with Crippen molar-refractivity contribution < 1.29 is 4.74 Å². The molecule has 1 saturated heterocycles. The van der Waals surface area contributed by atoms with E-state index in [1.807, 2.05) is 0 Å². The van der Waals surface area contributed by atoms with Crippen LogP contribution < -0.4 is 11.1 Å². The zero-order valence-corrected chi connectivity index (χ0v) is 8.17. The maximum atomic E-state index is 6.11. The lowest BCUT2D eigenvalue weighted by atomic mass is 9.78. The Bertz CT molecular complexity index is 153. The molecule has 1 heterocycles. The van der Waals surface area contributed by atoms with Gasteiger partial charge in [0.25, 0.3) is 0 Å². The first-order chi connectivity index (χ1) is 6.36. The maximum absolute atomic E-state index is 6.11. The van der Waals surface area contributed by atoms with Gasteiger partial charge in [0.1, 0.15) is 0 Å². The van der Waals surface area contributed by atoms with Crippen molar-refractivity contribution >= 4 is 0 Å². The molecule has 2 atom stereocenters. The molecule has 1 saturated carbocycles. The number of hydrogen-bond acceptors (Lipinski definition) is 3. The molecule has 13 heavy (non-hydrogen) atoms. The minimum atomic E-state index is 0.396. The summed E-state index contributed by atoms with van der Waals surface area (Å²) in [6.07, 6.45) is 5.15. The van der Waals surface area contributed by atoms with Crippen molar-refractivity contribution in [3.05, 3.63) is 0 Å². The van der Waals surface area contributed by atoms with Gasteiger partial charge in [0.05, 0.1) is 13.2 Å². The Morgan fingerprint density at radius 2 is 2.31 bits per heavy atom. The second-order valence-electron chi connectivity index (χ2n) is 4.32. The molecule has 76 valence electrons. The number of hydrogen-bond donors (Lipinski definition) is 2. The van der Waals surface area contributed by atoms with Crippen molar-refractivity contribution in [1.82, 2.24) is 5.32 Å². The van der Waals surface area contributed by atoms with Crippen LogP contribution in [0.3, 0.4) is 0 Å². The van der Waals surface area contributed by atoms with Gasteiger partial charge in [-0.1, -0.05) is 6.42 Å². The molecule has 0 aromatic rings. The van der Waals surface area contributed by atoms with E-state index in [0.717, 1.165) is 32.1 Å². The molecule has 2 aliphatic rings. The highest BCUT2D eigenvalue weighted by molar-refractivity contribution is 4.84. The molecular formula is C10H20N2O. The van der Waals surface area contributed by atoms with Gasteiger partial charge in [-0.05, 0) is 25.2 Å². The number of morpholine rings is 1. The summed E-state index contributed by atoms with van der Waals surface area (Å²) >= 11 is 0. The normalized spacial score (nSPS) is 32.5. The molecule has 3 nitrogen and oxygen atoms in total. The van der Waals surface area contributed by atoms with Gasteiger partial charge in [0.2, 0.25) is 0 Å². The molecule has 2 rings (SSSR count). The summed E-state index contributed by atoms with van der Waals surface area (Å²) in [6.45, 7) is 2.69. The molecule has 0 bridgehead atoms. The molecule has 0 amide bonds. The lowest BCUT2D eigenvalue weighted by Gasteiger charge is -2.34. The Labute approximate surface area is 80.0 Å². The third-order valence-corrected chi connectivity index (χ3v) is 3.31. The van der Waals surface area contributed by atoms with E-state index in [9.17, 15) is 0 Å². The topological polar surface area (TPSA) is 47.3 Å². The summed E-state index contributed by atoms with van der Waals surface area (Å²) in [4.78, 5) is 0. The van der Waals surface area contributed by atoms with Crippen LogP contribution in [-0.4, -0.2) is 31.8 Å². The van der Waals surface area contributed by atoms with Gasteiger partial charge in [0.15, 0.2) is 0 Å². The number of nitrogens with two attached hydrogens (primary N) is 1. The first-order valence-corrected chi connectivity index (χ1v) is 5.43. The van der Waals surface area contributed by atoms with Crippen LogP contribution >= 0.6 is 0 Å². The van der Waals surface area contributed by atoms with E-state index in [0.29, 0.717) is 12.1 Å². The number of rotatable bonds is 3. The molecule has 1 aliphatic carbocycles. The van der Waals surface area contributed by atoms with Crippen molar-refractivity contribution in [3.8, 4) is 0 Å². The van der Waals surface area contributed by atoms with E-state index in [1.165, 1.54) is 19.3 Å². The fraction of sp³-hybridized carbons (Fsp3) is 1.00. The zero-order valence-electron chi connectivity index (χ0n) is 8.17. The van der Waals surface area contributed by atoms with Crippen molar-refractivity contribution in [2.75, 3.05) is 19.8 Å². The SMILES string of the molecule is NC(CC1COCCN1)C1CCC1. The predicted octanol–water partition coefficient (Wildman–Crippen LogP) is 0.492. The fourth-order valence-electron chi connectivity index (χ4n) is 2.16. The standard InChI is InChI=1S/C10H20N2O/c11-10(8-2-1-3-8)6-9-7-13-5-4-12-9/h8-10,12H,1-7,11H2. The lowest BCUT2D eigenvalue weighted by molar-refractivity contribution is 0.0670. The minimum Gasteiger partial charge on any atom is -0.379 e. The molecule has 3 heteroatoms. The summed E-state index contributed by atoms with van der Waals surface area (Å²) < 4.78 is 5.40. The molecule has 2 fully saturated rings. The largest absolute Gasteiger partial charge is 0.379 e. The van der Waals surface area contributed by atoms with Crippen LogP contribution in [0.1, 0.15) is 25.7 Å². The van der Waals surface area contributed by atoms with Crippen LogP contribution in [0.25, 0.3) is 0 Å². The Morgan fingerprint density at radius 1 is 1.46 bits per heavy atom. The van der Waals surface area contributed by atoms with E-state index in [-0.39, 0.29) is 0 Å². The molecule has 0 spiro atoms. The van der Waals surface area contributed by atoms with Crippen LogP contribution in [0.5, 0.6) is 0 Å². The van der Waals surface area contributed by atoms with Crippen LogP contribution in [0, 0.1) is 5.92 Å². The monoisotopic (exact) mass is 184 g/mol. The third-order valence-electron chi connectivity index (χ3n) is 3.31.